The van der Waals surface area contributed by atoms with Gasteiger partial charge in [-0.2, -0.15) is 0 Å². The molecule has 4 rings (SSSR count). The summed E-state index contributed by atoms with van der Waals surface area (Å²) in [5, 5.41) is 9.83. The third-order valence-electron chi connectivity index (χ3n) is 5.41. The quantitative estimate of drug-likeness (QED) is 0.894. The second-order valence-corrected chi connectivity index (χ2v) is 6.70. The van der Waals surface area contributed by atoms with Crippen LogP contribution in [0.5, 0.6) is 0 Å². The number of ether oxygens (including phenoxy) is 1. The van der Waals surface area contributed by atoms with E-state index in [0.717, 1.165) is 12.0 Å². The molecule has 1 N–H and O–H groups in total. The van der Waals surface area contributed by atoms with Gasteiger partial charge in [0.2, 0.25) is 0 Å². The molecule has 1 aromatic rings. The van der Waals surface area contributed by atoms with Crippen LogP contribution in [0.25, 0.3) is 0 Å². The number of rotatable bonds is 2. The summed E-state index contributed by atoms with van der Waals surface area (Å²) >= 11 is 0. The molecule has 114 valence electrons. The predicted octanol–water partition coefficient (Wildman–Crippen LogP) is 1.48. The van der Waals surface area contributed by atoms with Gasteiger partial charge in [0.25, 0.3) is 0 Å². The Bertz CT molecular complexity index is 538. The number of hydrogen-bond donors (Lipinski definition) is 1. The van der Waals surface area contributed by atoms with Crippen LogP contribution in [0, 0.1) is 0 Å². The summed E-state index contributed by atoms with van der Waals surface area (Å²) in [6.07, 6.45) is 1.68. The minimum atomic E-state index is -0.706. The largest absolute Gasteiger partial charge is 0.364 e. The highest BCUT2D eigenvalue weighted by atomic mass is 16.6. The van der Waals surface area contributed by atoms with Gasteiger partial charge in [0.05, 0.1) is 6.61 Å². The molecule has 1 fully saturated rings. The minimum absolute atomic E-state index is 0.584. The van der Waals surface area contributed by atoms with Gasteiger partial charge in [-0.25, -0.2) is 0 Å². The number of fused-ring (bicyclic) bond motifs is 3. The fraction of sp³-hybridized carbons (Fsp3) is 0.647. The van der Waals surface area contributed by atoms with Crippen molar-refractivity contribution in [3.63, 3.8) is 0 Å². The van der Waals surface area contributed by atoms with Gasteiger partial charge in [0.15, 0.2) is 6.29 Å². The Hall–Kier alpha value is -0.940. The van der Waals surface area contributed by atoms with Gasteiger partial charge in [0.1, 0.15) is 0 Å². The van der Waals surface area contributed by atoms with Crippen molar-refractivity contribution in [1.29, 1.82) is 0 Å². The standard InChI is InChI=1S/C17H24N2O2/c1-18-6-8-19(9-7-18)10-12-2-3-14-13(12)4-5-15-16(14)11-21-17(15)20/h4-5,12,17,20H,2-3,6-11H2,1H3. The highest BCUT2D eigenvalue weighted by Crippen LogP contribution is 2.41. The molecule has 1 saturated heterocycles. The molecule has 0 saturated carbocycles. The summed E-state index contributed by atoms with van der Waals surface area (Å²) in [5.74, 6) is 0.659. The van der Waals surface area contributed by atoms with Crippen LogP contribution in [0.4, 0.5) is 0 Å². The molecule has 0 bridgehead atoms. The van der Waals surface area contributed by atoms with E-state index in [2.05, 4.69) is 29.0 Å². The molecule has 2 heterocycles. The van der Waals surface area contributed by atoms with Crippen molar-refractivity contribution in [2.45, 2.75) is 31.7 Å². The van der Waals surface area contributed by atoms with E-state index in [4.69, 9.17) is 4.74 Å². The molecule has 4 nitrogen and oxygen atoms in total. The van der Waals surface area contributed by atoms with Crippen LogP contribution in [0.2, 0.25) is 0 Å². The van der Waals surface area contributed by atoms with Crippen LogP contribution >= 0.6 is 0 Å². The van der Waals surface area contributed by atoms with Gasteiger partial charge in [-0.3, -0.25) is 0 Å². The average molecular weight is 288 g/mol. The summed E-state index contributed by atoms with van der Waals surface area (Å²) in [6.45, 7) is 6.52. The van der Waals surface area contributed by atoms with E-state index in [0.29, 0.717) is 12.5 Å². The molecule has 1 aliphatic carbocycles. The third-order valence-corrected chi connectivity index (χ3v) is 5.41. The highest BCUT2D eigenvalue weighted by molar-refractivity contribution is 5.47. The molecule has 2 atom stereocenters. The van der Waals surface area contributed by atoms with Crippen LogP contribution in [0.1, 0.15) is 40.9 Å². The first-order valence-electron chi connectivity index (χ1n) is 8.07. The maximum absolute atomic E-state index is 9.83. The molecular formula is C17H24N2O2. The van der Waals surface area contributed by atoms with Gasteiger partial charge in [0, 0.05) is 38.3 Å². The third kappa shape index (κ3) is 2.40. The lowest BCUT2D eigenvalue weighted by Crippen LogP contribution is -2.45. The monoisotopic (exact) mass is 288 g/mol. The van der Waals surface area contributed by atoms with Gasteiger partial charge >= 0.3 is 0 Å². The first-order chi connectivity index (χ1) is 10.2. The first kappa shape index (κ1) is 13.7. The summed E-state index contributed by atoms with van der Waals surface area (Å²) in [5.41, 5.74) is 5.23. The SMILES string of the molecule is CN1CCN(CC2CCc3c2ccc2c3COC2O)CC1. The van der Waals surface area contributed by atoms with Crippen LogP contribution in [0.15, 0.2) is 12.1 Å². The molecule has 0 aromatic heterocycles. The zero-order chi connectivity index (χ0) is 14.4. The van der Waals surface area contributed by atoms with E-state index < -0.39 is 6.29 Å². The molecule has 0 amide bonds. The van der Waals surface area contributed by atoms with E-state index in [9.17, 15) is 5.11 Å². The molecule has 0 radical (unpaired) electrons. The summed E-state index contributed by atoms with van der Waals surface area (Å²) < 4.78 is 5.39. The molecule has 4 heteroatoms. The zero-order valence-electron chi connectivity index (χ0n) is 12.7. The Morgan fingerprint density at radius 1 is 1.14 bits per heavy atom. The number of nitrogens with zero attached hydrogens (tertiary/aromatic N) is 2. The summed E-state index contributed by atoms with van der Waals surface area (Å²) in [7, 11) is 2.21. The van der Waals surface area contributed by atoms with E-state index in [-0.39, 0.29) is 0 Å². The van der Waals surface area contributed by atoms with Crippen LogP contribution in [-0.4, -0.2) is 54.7 Å². The second-order valence-electron chi connectivity index (χ2n) is 6.70. The number of piperazine rings is 1. The predicted molar refractivity (Wildman–Crippen MR) is 81.2 cm³/mol. The fourth-order valence-corrected chi connectivity index (χ4v) is 4.07. The van der Waals surface area contributed by atoms with Crippen LogP contribution < -0.4 is 0 Å². The smallest absolute Gasteiger partial charge is 0.181 e. The summed E-state index contributed by atoms with van der Waals surface area (Å²) in [4.78, 5) is 5.02. The lowest BCUT2D eigenvalue weighted by atomic mass is 9.95. The van der Waals surface area contributed by atoms with Gasteiger partial charge in [-0.05, 0) is 42.5 Å². The van der Waals surface area contributed by atoms with Crippen molar-refractivity contribution >= 4 is 0 Å². The Labute approximate surface area is 126 Å². The van der Waals surface area contributed by atoms with Gasteiger partial charge in [-0.1, -0.05) is 12.1 Å². The summed E-state index contributed by atoms with van der Waals surface area (Å²) in [6, 6.07) is 4.31. The Kier molecular flexibility index (Phi) is 3.50. The number of aliphatic hydroxyl groups is 1. The average Bonchev–Trinajstić information content (AvgIpc) is 3.06. The topological polar surface area (TPSA) is 35.9 Å². The van der Waals surface area contributed by atoms with Crippen LogP contribution in [0.3, 0.4) is 0 Å². The lowest BCUT2D eigenvalue weighted by Gasteiger charge is -2.34. The molecule has 2 aliphatic heterocycles. The number of likely N-dealkylation sites (N-methyl/N-ethyl adjacent to an activating group) is 1. The van der Waals surface area contributed by atoms with E-state index >= 15 is 0 Å². The van der Waals surface area contributed by atoms with Crippen molar-refractivity contribution in [2.24, 2.45) is 0 Å². The number of hydrogen-bond acceptors (Lipinski definition) is 4. The van der Waals surface area contributed by atoms with Gasteiger partial charge in [-0.15, -0.1) is 0 Å². The van der Waals surface area contributed by atoms with E-state index in [1.165, 1.54) is 55.8 Å². The minimum Gasteiger partial charge on any atom is -0.364 e. The van der Waals surface area contributed by atoms with E-state index in [1.54, 1.807) is 0 Å². The first-order valence-corrected chi connectivity index (χ1v) is 8.07. The number of benzene rings is 1. The molecule has 1 aromatic carbocycles. The maximum Gasteiger partial charge on any atom is 0.181 e. The van der Waals surface area contributed by atoms with Crippen molar-refractivity contribution in [3.05, 3.63) is 34.4 Å². The fourth-order valence-electron chi connectivity index (χ4n) is 4.07. The van der Waals surface area contributed by atoms with Crippen molar-refractivity contribution in [1.82, 2.24) is 9.80 Å². The van der Waals surface area contributed by atoms with Crippen molar-refractivity contribution < 1.29 is 9.84 Å². The zero-order valence-corrected chi connectivity index (χ0v) is 12.7. The molecule has 3 aliphatic rings. The maximum atomic E-state index is 9.83. The highest BCUT2D eigenvalue weighted by Gasteiger charge is 2.32. The Balaban J connectivity index is 1.52. The Morgan fingerprint density at radius 3 is 2.71 bits per heavy atom. The van der Waals surface area contributed by atoms with Crippen molar-refractivity contribution in [2.75, 3.05) is 39.8 Å². The molecule has 2 unspecified atom stereocenters. The molecular weight excluding hydrogens is 264 g/mol. The van der Waals surface area contributed by atoms with Crippen LogP contribution in [-0.2, 0) is 17.8 Å². The van der Waals surface area contributed by atoms with E-state index in [1.807, 2.05) is 0 Å². The van der Waals surface area contributed by atoms with Crippen molar-refractivity contribution in [3.8, 4) is 0 Å². The normalized spacial score (nSPS) is 29.6. The molecule has 0 spiro atoms. The van der Waals surface area contributed by atoms with Gasteiger partial charge < -0.3 is 19.6 Å². The second kappa shape index (κ2) is 5.36. The number of aliphatic hydroxyl groups excluding tert-OH is 1. The lowest BCUT2D eigenvalue weighted by molar-refractivity contribution is -0.0918. The molecule has 21 heavy (non-hydrogen) atoms. The Morgan fingerprint density at radius 2 is 1.90 bits per heavy atom.